The van der Waals surface area contributed by atoms with Crippen LogP contribution >= 0.6 is 0 Å². The van der Waals surface area contributed by atoms with Gasteiger partial charge in [-0.3, -0.25) is 9.59 Å². The summed E-state index contributed by atoms with van der Waals surface area (Å²) in [5.41, 5.74) is 2.28. The van der Waals surface area contributed by atoms with Crippen molar-refractivity contribution in [1.82, 2.24) is 4.98 Å². The Hall–Kier alpha value is -4.00. The Morgan fingerprint density at radius 3 is 2.42 bits per heavy atom. The Morgan fingerprint density at radius 1 is 0.968 bits per heavy atom. The number of hydrogen-bond acceptors (Lipinski definition) is 5. The van der Waals surface area contributed by atoms with Crippen molar-refractivity contribution in [2.75, 3.05) is 5.32 Å². The maximum atomic E-state index is 13.1. The fraction of sp³-hybridized carbons (Fsp3) is 0.125. The van der Waals surface area contributed by atoms with Crippen LogP contribution in [0, 0.1) is 5.82 Å². The maximum Gasteiger partial charge on any atom is 0.307 e. The lowest BCUT2D eigenvalue weighted by atomic mass is 10.1. The van der Waals surface area contributed by atoms with E-state index in [9.17, 15) is 14.0 Å². The lowest BCUT2D eigenvalue weighted by molar-refractivity contribution is -0.154. The van der Waals surface area contributed by atoms with Gasteiger partial charge >= 0.3 is 5.97 Å². The number of nitrogens with zero attached hydrogens (tertiary/aromatic N) is 1. The number of anilines is 1. The molecule has 0 aliphatic heterocycles. The average Bonchev–Trinajstić information content (AvgIpc) is 3.21. The van der Waals surface area contributed by atoms with E-state index in [0.717, 1.165) is 0 Å². The third-order valence-corrected chi connectivity index (χ3v) is 4.58. The maximum absolute atomic E-state index is 13.1. The molecule has 1 heterocycles. The van der Waals surface area contributed by atoms with E-state index < -0.39 is 23.8 Å². The number of ether oxygens (including phenoxy) is 1. The largest absolute Gasteiger partial charge is 0.447 e. The Morgan fingerprint density at radius 2 is 1.68 bits per heavy atom. The van der Waals surface area contributed by atoms with Gasteiger partial charge < -0.3 is 14.5 Å². The molecule has 0 saturated carbocycles. The Kier molecular flexibility index (Phi) is 6.03. The molecule has 1 aromatic heterocycles. The number of carbonyl (C=O) groups excluding carboxylic acids is 2. The highest BCUT2D eigenvalue weighted by Crippen LogP contribution is 2.22. The van der Waals surface area contributed by atoms with E-state index in [1.165, 1.54) is 24.3 Å². The number of esters is 1. The van der Waals surface area contributed by atoms with Crippen molar-refractivity contribution >= 4 is 28.7 Å². The molecule has 0 spiro atoms. The topological polar surface area (TPSA) is 81.4 Å². The van der Waals surface area contributed by atoms with Crippen molar-refractivity contribution in [1.29, 1.82) is 0 Å². The molecule has 0 saturated heterocycles. The summed E-state index contributed by atoms with van der Waals surface area (Å²) < 4.78 is 24.2. The molecule has 0 unspecified atom stereocenters. The summed E-state index contributed by atoms with van der Waals surface area (Å²) in [5.74, 6) is -1.09. The van der Waals surface area contributed by atoms with Gasteiger partial charge in [0.25, 0.3) is 5.91 Å². The molecule has 4 rings (SSSR count). The van der Waals surface area contributed by atoms with E-state index in [1.54, 1.807) is 36.4 Å². The van der Waals surface area contributed by atoms with Gasteiger partial charge in [0.1, 0.15) is 11.3 Å². The van der Waals surface area contributed by atoms with E-state index in [0.29, 0.717) is 28.2 Å². The molecule has 4 aromatic rings. The SMILES string of the molecule is O=C(CCc1nc2ccccc2o1)O[C@H](C(=O)Nc1ccc(F)cc1)c1ccccc1. The number of rotatable bonds is 7. The van der Waals surface area contributed by atoms with Crippen LogP contribution in [0.4, 0.5) is 10.1 Å². The quantitative estimate of drug-likeness (QED) is 0.435. The summed E-state index contributed by atoms with van der Waals surface area (Å²) in [4.78, 5) is 29.6. The van der Waals surface area contributed by atoms with E-state index in [4.69, 9.17) is 9.15 Å². The van der Waals surface area contributed by atoms with Crippen LogP contribution in [0.25, 0.3) is 11.1 Å². The molecule has 0 fully saturated rings. The second-order valence-corrected chi connectivity index (χ2v) is 6.85. The summed E-state index contributed by atoms with van der Waals surface area (Å²) in [6, 6.07) is 21.4. The molecule has 31 heavy (non-hydrogen) atoms. The van der Waals surface area contributed by atoms with Crippen molar-refractivity contribution in [2.45, 2.75) is 18.9 Å². The van der Waals surface area contributed by atoms with Crippen LogP contribution in [0.5, 0.6) is 0 Å². The lowest BCUT2D eigenvalue weighted by Crippen LogP contribution is -2.26. The van der Waals surface area contributed by atoms with Crippen LogP contribution in [0.15, 0.2) is 83.3 Å². The molecule has 3 aromatic carbocycles. The number of halogens is 1. The van der Waals surface area contributed by atoms with Crippen LogP contribution in [-0.2, 0) is 20.7 Å². The van der Waals surface area contributed by atoms with Gasteiger partial charge in [0.05, 0.1) is 6.42 Å². The molecule has 6 nitrogen and oxygen atoms in total. The Balaban J connectivity index is 1.44. The van der Waals surface area contributed by atoms with E-state index >= 15 is 0 Å². The van der Waals surface area contributed by atoms with E-state index in [-0.39, 0.29) is 12.8 Å². The van der Waals surface area contributed by atoms with E-state index in [2.05, 4.69) is 10.3 Å². The molecular weight excluding hydrogens is 399 g/mol. The highest BCUT2D eigenvalue weighted by Gasteiger charge is 2.25. The summed E-state index contributed by atoms with van der Waals surface area (Å²) in [6.07, 6.45) is -0.906. The lowest BCUT2D eigenvalue weighted by Gasteiger charge is -2.18. The van der Waals surface area contributed by atoms with Crippen molar-refractivity contribution < 1.29 is 23.1 Å². The van der Waals surface area contributed by atoms with Crippen molar-refractivity contribution in [2.24, 2.45) is 0 Å². The average molecular weight is 418 g/mol. The first kappa shape index (κ1) is 20.3. The third kappa shape index (κ3) is 5.14. The minimum Gasteiger partial charge on any atom is -0.447 e. The minimum atomic E-state index is -1.15. The van der Waals surface area contributed by atoms with Crippen LogP contribution < -0.4 is 5.32 Å². The number of aryl methyl sites for hydroxylation is 1. The zero-order chi connectivity index (χ0) is 21.6. The summed E-state index contributed by atoms with van der Waals surface area (Å²) in [6.45, 7) is 0. The first-order valence-electron chi connectivity index (χ1n) is 9.74. The van der Waals surface area contributed by atoms with Crippen LogP contribution in [0.2, 0.25) is 0 Å². The van der Waals surface area contributed by atoms with Crippen LogP contribution in [0.3, 0.4) is 0 Å². The second kappa shape index (κ2) is 9.21. The number of amides is 1. The zero-order valence-electron chi connectivity index (χ0n) is 16.5. The number of oxazole rings is 1. The normalized spacial score (nSPS) is 11.8. The molecule has 7 heteroatoms. The predicted molar refractivity (Wildman–Crippen MR) is 113 cm³/mol. The van der Waals surface area contributed by atoms with Crippen LogP contribution in [0.1, 0.15) is 24.0 Å². The van der Waals surface area contributed by atoms with E-state index in [1.807, 2.05) is 18.2 Å². The first-order chi connectivity index (χ1) is 15.1. The van der Waals surface area contributed by atoms with Gasteiger partial charge in [-0.1, -0.05) is 42.5 Å². The fourth-order valence-electron chi connectivity index (χ4n) is 3.07. The number of aromatic nitrogens is 1. The molecule has 1 amide bonds. The predicted octanol–water partition coefficient (Wildman–Crippen LogP) is 4.82. The molecule has 0 radical (unpaired) electrons. The standard InChI is InChI=1S/C24H19FN2O4/c25-17-10-12-18(13-11-17)26-24(29)23(16-6-2-1-3-7-16)31-22(28)15-14-21-27-19-8-4-5-9-20(19)30-21/h1-13,23H,14-15H2,(H,26,29)/t23-/m0/s1. The highest BCUT2D eigenvalue weighted by molar-refractivity contribution is 5.96. The second-order valence-electron chi connectivity index (χ2n) is 6.85. The monoisotopic (exact) mass is 418 g/mol. The van der Waals surface area contributed by atoms with Crippen molar-refractivity contribution in [3.8, 4) is 0 Å². The summed E-state index contributed by atoms with van der Waals surface area (Å²) in [5, 5.41) is 2.65. The van der Waals surface area contributed by atoms with Gasteiger partial charge in [-0.2, -0.15) is 0 Å². The van der Waals surface area contributed by atoms with Gasteiger partial charge in [-0.15, -0.1) is 0 Å². The molecule has 1 atom stereocenters. The van der Waals surface area contributed by atoms with Gasteiger partial charge in [-0.25, -0.2) is 9.37 Å². The number of carbonyl (C=O) groups is 2. The summed E-state index contributed by atoms with van der Waals surface area (Å²) >= 11 is 0. The smallest absolute Gasteiger partial charge is 0.307 e. The molecule has 156 valence electrons. The molecular formula is C24H19FN2O4. The van der Waals surface area contributed by atoms with Gasteiger partial charge in [-0.05, 0) is 36.4 Å². The number of hydrogen-bond donors (Lipinski definition) is 1. The third-order valence-electron chi connectivity index (χ3n) is 4.58. The number of fused-ring (bicyclic) bond motifs is 1. The number of para-hydroxylation sites is 2. The number of benzene rings is 3. The summed E-state index contributed by atoms with van der Waals surface area (Å²) in [7, 11) is 0. The Bertz CT molecular complexity index is 1160. The minimum absolute atomic E-state index is 0.0000162. The zero-order valence-corrected chi connectivity index (χ0v) is 16.5. The first-order valence-corrected chi connectivity index (χ1v) is 9.74. The van der Waals surface area contributed by atoms with Gasteiger partial charge in [0.15, 0.2) is 11.5 Å². The fourth-order valence-corrected chi connectivity index (χ4v) is 3.07. The molecule has 1 N–H and O–H groups in total. The van der Waals surface area contributed by atoms with Gasteiger partial charge in [0.2, 0.25) is 6.10 Å². The molecule has 0 aliphatic carbocycles. The molecule has 0 aliphatic rings. The Labute approximate surface area is 177 Å². The molecule has 0 bridgehead atoms. The highest BCUT2D eigenvalue weighted by atomic mass is 19.1. The van der Waals surface area contributed by atoms with Gasteiger partial charge in [0, 0.05) is 17.7 Å². The van der Waals surface area contributed by atoms with Crippen molar-refractivity contribution in [3.05, 3.63) is 96.1 Å². The number of nitrogens with one attached hydrogen (secondary N) is 1. The van der Waals surface area contributed by atoms with Crippen molar-refractivity contribution in [3.63, 3.8) is 0 Å². The van der Waals surface area contributed by atoms with Crippen LogP contribution in [-0.4, -0.2) is 16.9 Å².